The number of carbonyl (C=O) groups excluding carboxylic acids is 1. The van der Waals surface area contributed by atoms with Crippen molar-refractivity contribution in [3.05, 3.63) is 72.9 Å². The van der Waals surface area contributed by atoms with Crippen molar-refractivity contribution in [1.29, 1.82) is 0 Å². The second kappa shape index (κ2) is 56.4. The maximum absolute atomic E-state index is 13.3. The van der Waals surface area contributed by atoms with Crippen LogP contribution in [-0.2, 0) is 23.7 Å². The number of ether oxygens (including phenoxy) is 4. The molecule has 2 aliphatic heterocycles. The lowest BCUT2D eigenvalue weighted by Crippen LogP contribution is -2.65. The third-order valence-electron chi connectivity index (χ3n) is 16.9. The maximum atomic E-state index is 13.3. The lowest BCUT2D eigenvalue weighted by molar-refractivity contribution is -0.359. The number of hydrogen-bond donors (Lipinski definition) is 9. The van der Waals surface area contributed by atoms with E-state index in [4.69, 9.17) is 18.9 Å². The first kappa shape index (κ1) is 79.5. The van der Waals surface area contributed by atoms with Gasteiger partial charge >= 0.3 is 0 Å². The zero-order valence-electron chi connectivity index (χ0n) is 54.3. The molecule has 0 bridgehead atoms. The number of allylic oxidation sites excluding steroid dienone is 11. The van der Waals surface area contributed by atoms with E-state index in [1.807, 2.05) is 6.08 Å². The molecule has 0 radical (unpaired) electrons. The van der Waals surface area contributed by atoms with Gasteiger partial charge < -0.3 is 65.1 Å². The largest absolute Gasteiger partial charge is 0.394 e. The van der Waals surface area contributed by atoms with E-state index < -0.39 is 86.8 Å². The summed E-state index contributed by atoms with van der Waals surface area (Å²) in [5.41, 5.74) is 0. The average molecular weight is 1220 g/mol. The second-order valence-electron chi connectivity index (χ2n) is 24.6. The van der Waals surface area contributed by atoms with Crippen molar-refractivity contribution in [2.75, 3.05) is 19.8 Å². The molecule has 2 aliphatic rings. The Kier molecular flexibility index (Phi) is 52.2. The standard InChI is InChI=1S/C72H129NO13/c1-3-5-7-9-11-13-15-17-19-21-23-25-27-29-30-32-33-35-37-39-41-43-45-47-49-51-53-55-61(76)60(59-83-71-69(82)67(80)70(63(58-75)85-71)86-72-68(81)66(79)65(78)62(57-74)84-72)73-64(77)56-54-52-50-48-46-44-42-40-38-36-34-31-28-26-24-22-20-18-16-14-12-10-8-6-4-2/h6,8,12,14,18,20,24,26,31,34,53,55,60-63,65-72,74-76,78-82H,3-5,7,9-11,13,15-17,19,21-23,25,27-30,32-33,35-52,54,56-59H2,1-2H3,(H,73,77)/b8-6-,14-12-,20-18-,26-24-,34-31-,55-53+. The summed E-state index contributed by atoms with van der Waals surface area (Å²) in [6.45, 7) is 2.71. The van der Waals surface area contributed by atoms with Crippen LogP contribution in [0.1, 0.15) is 284 Å². The van der Waals surface area contributed by atoms with E-state index in [-0.39, 0.29) is 18.9 Å². The number of amides is 1. The highest BCUT2D eigenvalue weighted by Crippen LogP contribution is 2.30. The summed E-state index contributed by atoms with van der Waals surface area (Å²) in [5, 5.41) is 87.5. The van der Waals surface area contributed by atoms with Gasteiger partial charge in [0.05, 0.1) is 32.0 Å². The predicted molar refractivity (Wildman–Crippen MR) is 350 cm³/mol. The second-order valence-corrected chi connectivity index (χ2v) is 24.6. The number of carbonyl (C=O) groups is 1. The van der Waals surface area contributed by atoms with Crippen LogP contribution in [-0.4, -0.2) is 140 Å². The third kappa shape index (κ3) is 40.2. The first-order chi connectivity index (χ1) is 42.1. The Bertz CT molecular complexity index is 1720. The van der Waals surface area contributed by atoms with Gasteiger partial charge in [-0.2, -0.15) is 0 Å². The van der Waals surface area contributed by atoms with Crippen molar-refractivity contribution < 1.29 is 64.6 Å². The molecule has 14 heteroatoms. The molecule has 2 rings (SSSR count). The van der Waals surface area contributed by atoms with Gasteiger partial charge in [0.1, 0.15) is 48.8 Å². The molecule has 0 aromatic rings. The molecule has 9 N–H and O–H groups in total. The van der Waals surface area contributed by atoms with Crippen LogP contribution in [0.25, 0.3) is 0 Å². The highest BCUT2D eigenvalue weighted by Gasteiger charge is 2.51. The summed E-state index contributed by atoms with van der Waals surface area (Å²) in [6, 6.07) is -0.924. The maximum Gasteiger partial charge on any atom is 0.220 e. The molecular weight excluding hydrogens is 1090 g/mol. The molecule has 2 fully saturated rings. The Balaban J connectivity index is 1.70. The van der Waals surface area contributed by atoms with Gasteiger partial charge in [-0.05, 0) is 64.2 Å². The SMILES string of the molecule is CC/C=C\C/C=C\C/C=C\C/C=C\C/C=C\CCCCCCCCCCCC(=O)NC(COC1OC(CO)C(OC2OC(CO)C(O)C(O)C2O)C(O)C1O)C(O)/C=C/CCCCCCCCCCCCCCCCCCCCCCCCCCC. The Morgan fingerprint density at radius 1 is 0.430 bits per heavy atom. The van der Waals surface area contributed by atoms with E-state index in [1.165, 1.54) is 180 Å². The van der Waals surface area contributed by atoms with Crippen molar-refractivity contribution in [3.63, 3.8) is 0 Å². The summed E-state index contributed by atoms with van der Waals surface area (Å²) >= 11 is 0. The van der Waals surface area contributed by atoms with Crippen LogP contribution in [0.4, 0.5) is 0 Å². The molecular formula is C72H129NO13. The van der Waals surface area contributed by atoms with E-state index in [0.29, 0.717) is 6.42 Å². The van der Waals surface area contributed by atoms with Crippen molar-refractivity contribution in [3.8, 4) is 0 Å². The number of aliphatic hydroxyl groups excluding tert-OH is 8. The fraction of sp³-hybridized carbons (Fsp3) is 0.819. The van der Waals surface area contributed by atoms with Gasteiger partial charge in [-0.25, -0.2) is 0 Å². The minimum absolute atomic E-state index is 0.245. The minimum atomic E-state index is -1.79. The lowest BCUT2D eigenvalue weighted by atomic mass is 9.97. The summed E-state index contributed by atoms with van der Waals surface area (Å²) in [7, 11) is 0. The summed E-state index contributed by atoms with van der Waals surface area (Å²) in [4.78, 5) is 13.3. The summed E-state index contributed by atoms with van der Waals surface area (Å²) in [5.74, 6) is -0.245. The number of hydrogen-bond acceptors (Lipinski definition) is 13. The van der Waals surface area contributed by atoms with E-state index in [2.05, 4.69) is 79.9 Å². The topological polar surface area (TPSA) is 228 Å². The van der Waals surface area contributed by atoms with Gasteiger partial charge in [0.25, 0.3) is 0 Å². The van der Waals surface area contributed by atoms with Crippen LogP contribution in [0.3, 0.4) is 0 Å². The number of unbranched alkanes of at least 4 members (excludes halogenated alkanes) is 34. The van der Waals surface area contributed by atoms with Gasteiger partial charge in [0, 0.05) is 6.42 Å². The first-order valence-electron chi connectivity index (χ1n) is 35.2. The Morgan fingerprint density at radius 3 is 1.23 bits per heavy atom. The fourth-order valence-corrected chi connectivity index (χ4v) is 11.3. The van der Waals surface area contributed by atoms with Gasteiger partial charge in [0.15, 0.2) is 12.6 Å². The van der Waals surface area contributed by atoms with E-state index >= 15 is 0 Å². The highest BCUT2D eigenvalue weighted by molar-refractivity contribution is 5.76. The van der Waals surface area contributed by atoms with Crippen LogP contribution >= 0.6 is 0 Å². The molecule has 2 saturated heterocycles. The first-order valence-corrected chi connectivity index (χ1v) is 35.2. The Hall–Kier alpha value is -2.57. The molecule has 0 aliphatic carbocycles. The molecule has 2 heterocycles. The minimum Gasteiger partial charge on any atom is -0.394 e. The van der Waals surface area contributed by atoms with Crippen molar-refractivity contribution in [2.45, 2.75) is 357 Å². The number of rotatable bonds is 57. The molecule has 86 heavy (non-hydrogen) atoms. The van der Waals surface area contributed by atoms with Crippen LogP contribution in [0, 0.1) is 0 Å². The smallest absolute Gasteiger partial charge is 0.220 e. The highest BCUT2D eigenvalue weighted by atomic mass is 16.7. The van der Waals surface area contributed by atoms with Crippen LogP contribution < -0.4 is 5.32 Å². The third-order valence-corrected chi connectivity index (χ3v) is 16.9. The van der Waals surface area contributed by atoms with Gasteiger partial charge in [-0.15, -0.1) is 0 Å². The van der Waals surface area contributed by atoms with Crippen molar-refractivity contribution in [1.82, 2.24) is 5.32 Å². The number of nitrogens with one attached hydrogen (secondary N) is 1. The van der Waals surface area contributed by atoms with Gasteiger partial charge in [-0.1, -0.05) is 286 Å². The van der Waals surface area contributed by atoms with Crippen LogP contribution in [0.2, 0.25) is 0 Å². The number of aliphatic hydroxyl groups is 8. The van der Waals surface area contributed by atoms with Crippen molar-refractivity contribution in [2.24, 2.45) is 0 Å². The monoisotopic (exact) mass is 1220 g/mol. The molecule has 1 amide bonds. The van der Waals surface area contributed by atoms with Crippen molar-refractivity contribution >= 4 is 5.91 Å². The lowest BCUT2D eigenvalue weighted by Gasteiger charge is -2.46. The molecule has 0 aromatic heterocycles. The Labute approximate surface area is 523 Å². The average Bonchev–Trinajstić information content (AvgIpc) is 2.54. The predicted octanol–water partition coefficient (Wildman–Crippen LogP) is 14.2. The zero-order valence-corrected chi connectivity index (χ0v) is 54.3. The molecule has 500 valence electrons. The van der Waals surface area contributed by atoms with Gasteiger partial charge in [0.2, 0.25) is 5.91 Å². The van der Waals surface area contributed by atoms with Crippen LogP contribution in [0.5, 0.6) is 0 Å². The summed E-state index contributed by atoms with van der Waals surface area (Å²) < 4.78 is 22.9. The quantitative estimate of drug-likeness (QED) is 0.0204. The molecule has 0 spiro atoms. The van der Waals surface area contributed by atoms with Crippen LogP contribution in [0.15, 0.2) is 72.9 Å². The molecule has 0 aromatic carbocycles. The fourth-order valence-electron chi connectivity index (χ4n) is 11.3. The zero-order chi connectivity index (χ0) is 62.3. The normalized spacial score (nSPS) is 23.8. The molecule has 12 atom stereocenters. The summed E-state index contributed by atoms with van der Waals surface area (Å²) in [6.07, 6.45) is 59.5. The molecule has 0 saturated carbocycles. The van der Waals surface area contributed by atoms with E-state index in [9.17, 15) is 45.6 Å². The van der Waals surface area contributed by atoms with Gasteiger partial charge in [-0.3, -0.25) is 4.79 Å². The molecule has 14 nitrogen and oxygen atoms in total. The van der Waals surface area contributed by atoms with E-state index in [0.717, 1.165) is 77.0 Å². The Morgan fingerprint density at radius 2 is 0.802 bits per heavy atom. The molecule has 12 unspecified atom stereocenters. The van der Waals surface area contributed by atoms with E-state index in [1.54, 1.807) is 6.08 Å².